The third-order valence-electron chi connectivity index (χ3n) is 4.62. The van der Waals surface area contributed by atoms with Crippen LogP contribution < -0.4 is 4.74 Å². The summed E-state index contributed by atoms with van der Waals surface area (Å²) >= 11 is 3.45. The maximum absolute atomic E-state index is 12.2. The molecule has 1 heterocycles. The smallest absolute Gasteiger partial charge is 0.302 e. The van der Waals surface area contributed by atoms with E-state index in [-0.39, 0.29) is 18.2 Å². The van der Waals surface area contributed by atoms with Crippen molar-refractivity contribution in [2.24, 2.45) is 10.2 Å². The molecule has 0 fully saturated rings. The van der Waals surface area contributed by atoms with Crippen molar-refractivity contribution in [1.29, 1.82) is 0 Å². The molecular formula is C23H18BrN3O3. The fraction of sp³-hybridized carbons (Fsp3) is 0.0870. The third-order valence-corrected chi connectivity index (χ3v) is 5.47. The van der Waals surface area contributed by atoms with Gasteiger partial charge in [0.25, 0.3) is 0 Å². The highest BCUT2D eigenvalue weighted by Gasteiger charge is 2.13. The molecule has 7 heteroatoms. The zero-order chi connectivity index (χ0) is 21.1. The van der Waals surface area contributed by atoms with E-state index >= 15 is 0 Å². The van der Waals surface area contributed by atoms with Crippen LogP contribution in [0.5, 0.6) is 11.6 Å². The number of halogens is 1. The minimum Gasteiger partial charge on any atom is -0.493 e. The number of carbonyl (C=O) groups excluding carboxylic acids is 1. The van der Waals surface area contributed by atoms with E-state index in [2.05, 4.69) is 31.1 Å². The van der Waals surface area contributed by atoms with E-state index in [1.165, 1.54) is 0 Å². The molecule has 6 nitrogen and oxygen atoms in total. The molecule has 0 spiro atoms. The summed E-state index contributed by atoms with van der Waals surface area (Å²) in [7, 11) is 0. The van der Waals surface area contributed by atoms with Gasteiger partial charge in [-0.05, 0) is 36.2 Å². The number of benzene rings is 3. The number of hydrogen-bond donors (Lipinski definition) is 2. The predicted octanol–water partition coefficient (Wildman–Crippen LogP) is 6.30. The summed E-state index contributed by atoms with van der Waals surface area (Å²) < 4.78 is 6.60. The first-order chi connectivity index (χ1) is 14.5. The second-order valence-electron chi connectivity index (χ2n) is 6.71. The third kappa shape index (κ3) is 4.11. The molecule has 0 aliphatic rings. The number of nitrogens with one attached hydrogen (secondary N) is 1. The molecule has 0 saturated heterocycles. The normalized spacial score (nSPS) is 11.3. The Morgan fingerprint density at radius 1 is 1.10 bits per heavy atom. The lowest BCUT2D eigenvalue weighted by molar-refractivity contribution is -0.120. The topological polar surface area (TPSA) is 87.0 Å². The Morgan fingerprint density at radius 2 is 1.83 bits per heavy atom. The first kappa shape index (κ1) is 19.8. The second kappa shape index (κ2) is 8.51. The SMILES string of the molecule is Cc1cc2c(N=NC(=O)COc3ccccc3-c3ccccc3)c(O)[nH]c2cc1Br. The van der Waals surface area contributed by atoms with Gasteiger partial charge in [-0.1, -0.05) is 64.5 Å². The second-order valence-corrected chi connectivity index (χ2v) is 7.57. The van der Waals surface area contributed by atoms with Gasteiger partial charge < -0.3 is 14.8 Å². The van der Waals surface area contributed by atoms with E-state index in [1.54, 1.807) is 6.07 Å². The molecule has 4 aromatic rings. The van der Waals surface area contributed by atoms with Gasteiger partial charge in [-0.15, -0.1) is 10.2 Å². The molecular weight excluding hydrogens is 446 g/mol. The number of carbonyl (C=O) groups is 1. The summed E-state index contributed by atoms with van der Waals surface area (Å²) in [5.74, 6) is -0.113. The van der Waals surface area contributed by atoms with E-state index in [1.807, 2.05) is 67.6 Å². The van der Waals surface area contributed by atoms with Crippen molar-refractivity contribution < 1.29 is 14.6 Å². The summed E-state index contributed by atoms with van der Waals surface area (Å²) in [4.78, 5) is 15.1. The van der Waals surface area contributed by atoms with E-state index in [9.17, 15) is 9.90 Å². The highest BCUT2D eigenvalue weighted by atomic mass is 79.9. The van der Waals surface area contributed by atoms with Crippen LogP contribution in [0, 0.1) is 6.92 Å². The van der Waals surface area contributed by atoms with E-state index in [0.29, 0.717) is 16.7 Å². The van der Waals surface area contributed by atoms with E-state index in [4.69, 9.17) is 4.74 Å². The molecule has 2 N–H and O–H groups in total. The number of aromatic hydroxyl groups is 1. The van der Waals surface area contributed by atoms with Crippen LogP contribution in [0.4, 0.5) is 5.69 Å². The van der Waals surface area contributed by atoms with Gasteiger partial charge in [0.2, 0.25) is 5.88 Å². The molecule has 0 aliphatic carbocycles. The largest absolute Gasteiger partial charge is 0.493 e. The van der Waals surface area contributed by atoms with Gasteiger partial charge in [0.1, 0.15) is 5.75 Å². The number of aromatic amines is 1. The quantitative estimate of drug-likeness (QED) is 0.340. The minimum atomic E-state index is -0.555. The van der Waals surface area contributed by atoms with Crippen molar-refractivity contribution in [3.63, 3.8) is 0 Å². The summed E-state index contributed by atoms with van der Waals surface area (Å²) in [5.41, 5.74) is 3.77. The molecule has 0 unspecified atom stereocenters. The molecule has 3 aromatic carbocycles. The van der Waals surface area contributed by atoms with E-state index in [0.717, 1.165) is 21.2 Å². The lowest BCUT2D eigenvalue weighted by Crippen LogP contribution is -2.08. The van der Waals surface area contributed by atoms with Gasteiger partial charge in [0.05, 0.1) is 5.52 Å². The number of aryl methyl sites for hydroxylation is 1. The first-order valence-electron chi connectivity index (χ1n) is 9.25. The fourth-order valence-electron chi connectivity index (χ4n) is 3.12. The number of nitrogens with zero attached hydrogens (tertiary/aromatic N) is 2. The predicted molar refractivity (Wildman–Crippen MR) is 119 cm³/mol. The Bertz CT molecular complexity index is 1250. The molecule has 0 atom stereocenters. The van der Waals surface area contributed by atoms with E-state index < -0.39 is 5.91 Å². The fourth-order valence-corrected chi connectivity index (χ4v) is 3.46. The van der Waals surface area contributed by atoms with Gasteiger partial charge in [0, 0.05) is 15.4 Å². The van der Waals surface area contributed by atoms with Crippen LogP contribution in [0.15, 0.2) is 81.4 Å². The molecule has 0 bridgehead atoms. The summed E-state index contributed by atoms with van der Waals surface area (Å²) in [6.45, 7) is 1.67. The van der Waals surface area contributed by atoms with Gasteiger partial charge in [-0.2, -0.15) is 0 Å². The number of ether oxygens (including phenoxy) is 1. The molecule has 4 rings (SSSR count). The maximum atomic E-state index is 12.2. The Balaban J connectivity index is 1.51. The number of para-hydroxylation sites is 1. The highest BCUT2D eigenvalue weighted by Crippen LogP contribution is 2.38. The number of rotatable bonds is 5. The van der Waals surface area contributed by atoms with Crippen LogP contribution in [0.1, 0.15) is 5.56 Å². The number of hydrogen-bond acceptors (Lipinski definition) is 4. The summed E-state index contributed by atoms with van der Waals surface area (Å²) in [5, 5.41) is 18.5. The lowest BCUT2D eigenvalue weighted by Gasteiger charge is -2.10. The van der Waals surface area contributed by atoms with Crippen LogP contribution in [0.25, 0.3) is 22.0 Å². The zero-order valence-electron chi connectivity index (χ0n) is 16.1. The molecule has 1 aromatic heterocycles. The standard InChI is InChI=1S/C23H18BrN3O3/c1-14-11-17-19(12-18(14)24)25-23(29)22(17)27-26-21(28)13-30-20-10-6-5-9-16(20)15-7-3-2-4-8-15/h2-12,25,29H,13H2,1H3. The van der Waals surface area contributed by atoms with Gasteiger partial charge in [0.15, 0.2) is 12.3 Å². The van der Waals surface area contributed by atoms with Crippen LogP contribution in [-0.4, -0.2) is 22.6 Å². The molecule has 1 amide bonds. The van der Waals surface area contributed by atoms with Crippen LogP contribution in [-0.2, 0) is 4.79 Å². The van der Waals surface area contributed by atoms with Crippen molar-refractivity contribution in [2.75, 3.05) is 6.61 Å². The minimum absolute atomic E-state index is 0.144. The van der Waals surface area contributed by atoms with Crippen molar-refractivity contribution in [3.8, 4) is 22.8 Å². The molecule has 30 heavy (non-hydrogen) atoms. The number of aromatic nitrogens is 1. The van der Waals surface area contributed by atoms with Crippen molar-refractivity contribution in [1.82, 2.24) is 4.98 Å². The molecule has 150 valence electrons. The van der Waals surface area contributed by atoms with Crippen LogP contribution in [0.2, 0.25) is 0 Å². The molecule has 0 saturated carbocycles. The number of azo groups is 1. The first-order valence-corrected chi connectivity index (χ1v) is 10.0. The van der Waals surface area contributed by atoms with Crippen LogP contribution in [0.3, 0.4) is 0 Å². The molecule has 0 radical (unpaired) electrons. The number of amides is 1. The Labute approximate surface area is 181 Å². The van der Waals surface area contributed by atoms with Gasteiger partial charge >= 0.3 is 5.91 Å². The monoisotopic (exact) mass is 463 g/mol. The Hall–Kier alpha value is -3.45. The Kier molecular flexibility index (Phi) is 5.63. The summed E-state index contributed by atoms with van der Waals surface area (Å²) in [6, 6.07) is 21.0. The highest BCUT2D eigenvalue weighted by molar-refractivity contribution is 9.10. The average Bonchev–Trinajstić information content (AvgIpc) is 3.05. The van der Waals surface area contributed by atoms with Gasteiger partial charge in [-0.25, -0.2) is 0 Å². The van der Waals surface area contributed by atoms with Crippen molar-refractivity contribution in [2.45, 2.75) is 6.92 Å². The van der Waals surface area contributed by atoms with Crippen molar-refractivity contribution >= 4 is 38.4 Å². The molecule has 0 aliphatic heterocycles. The Morgan fingerprint density at radius 3 is 2.63 bits per heavy atom. The number of H-pyrrole nitrogens is 1. The average molecular weight is 464 g/mol. The maximum Gasteiger partial charge on any atom is 0.302 e. The number of fused-ring (bicyclic) bond motifs is 1. The zero-order valence-corrected chi connectivity index (χ0v) is 17.7. The van der Waals surface area contributed by atoms with Crippen molar-refractivity contribution in [3.05, 3.63) is 76.8 Å². The summed E-state index contributed by atoms with van der Waals surface area (Å²) in [6.07, 6.45) is 0. The van der Waals surface area contributed by atoms with Gasteiger partial charge in [-0.3, -0.25) is 4.79 Å². The van der Waals surface area contributed by atoms with Crippen LogP contribution >= 0.6 is 15.9 Å². The lowest BCUT2D eigenvalue weighted by atomic mass is 10.1.